The van der Waals surface area contributed by atoms with E-state index in [1.807, 2.05) is 26.5 Å². The van der Waals surface area contributed by atoms with E-state index in [1.54, 1.807) is 0 Å². The molecule has 25 heavy (non-hydrogen) atoms. The van der Waals surface area contributed by atoms with Crippen molar-refractivity contribution in [3.8, 4) is 0 Å². The molecule has 1 aromatic heterocycles. The SMILES string of the molecule is CN=C/C(=C(\C)CN1CCCCC1)c1ccc2cnc(NC)cc2c1. The number of rotatable bonds is 5. The summed E-state index contributed by atoms with van der Waals surface area (Å²) >= 11 is 0. The number of hydrogen-bond donors (Lipinski definition) is 1. The Morgan fingerprint density at radius 1 is 1.20 bits per heavy atom. The zero-order valence-corrected chi connectivity index (χ0v) is 15.5. The van der Waals surface area contributed by atoms with Crippen LogP contribution in [0.25, 0.3) is 16.3 Å². The number of nitrogens with zero attached hydrogens (tertiary/aromatic N) is 3. The molecule has 0 radical (unpaired) electrons. The first-order valence-electron chi connectivity index (χ1n) is 9.13. The van der Waals surface area contributed by atoms with Crippen molar-refractivity contribution < 1.29 is 0 Å². The molecular formula is C21H28N4. The first-order chi connectivity index (χ1) is 12.2. The molecule has 4 heteroatoms. The maximum atomic E-state index is 4.39. The molecule has 1 aliphatic heterocycles. The lowest BCUT2D eigenvalue weighted by Crippen LogP contribution is -2.31. The number of allylic oxidation sites excluding steroid dienone is 1. The maximum Gasteiger partial charge on any atom is 0.126 e. The second kappa shape index (κ2) is 8.26. The van der Waals surface area contributed by atoms with E-state index in [0.29, 0.717) is 0 Å². The van der Waals surface area contributed by atoms with Crippen LogP contribution >= 0.6 is 0 Å². The Labute approximate surface area is 150 Å². The van der Waals surface area contributed by atoms with Crippen LogP contribution in [0.1, 0.15) is 31.7 Å². The standard InChI is InChI=1S/C21H28N4/c1-16(15-25-9-5-4-6-10-25)20(14-22-2)17-7-8-18-13-24-21(23-3)12-19(18)11-17/h7-8,11-14H,4-6,9-10,15H2,1-3H3,(H,23,24)/b20-16-,22-14?. The summed E-state index contributed by atoms with van der Waals surface area (Å²) in [4.78, 5) is 11.3. The quantitative estimate of drug-likeness (QED) is 0.830. The van der Waals surface area contributed by atoms with Crippen LogP contribution in [0.15, 0.2) is 41.0 Å². The van der Waals surface area contributed by atoms with Crippen molar-refractivity contribution in [3.05, 3.63) is 41.6 Å². The number of aromatic nitrogens is 1. The summed E-state index contributed by atoms with van der Waals surface area (Å²) in [5.74, 6) is 0.893. The molecule has 0 spiro atoms. The van der Waals surface area contributed by atoms with Gasteiger partial charge in [-0.2, -0.15) is 0 Å². The van der Waals surface area contributed by atoms with Gasteiger partial charge in [-0.3, -0.25) is 9.89 Å². The van der Waals surface area contributed by atoms with Gasteiger partial charge in [0.05, 0.1) is 0 Å². The molecular weight excluding hydrogens is 308 g/mol. The van der Waals surface area contributed by atoms with Gasteiger partial charge in [-0.15, -0.1) is 0 Å². The number of pyridine rings is 1. The Bertz CT molecular complexity index is 786. The normalized spacial score (nSPS) is 17.1. The highest BCUT2D eigenvalue weighted by molar-refractivity contribution is 6.12. The number of nitrogens with one attached hydrogen (secondary N) is 1. The predicted molar refractivity (Wildman–Crippen MR) is 109 cm³/mol. The molecule has 1 fully saturated rings. The Hall–Kier alpha value is -2.20. The fourth-order valence-corrected chi connectivity index (χ4v) is 3.54. The Morgan fingerprint density at radius 3 is 2.72 bits per heavy atom. The van der Waals surface area contributed by atoms with E-state index >= 15 is 0 Å². The molecule has 1 aliphatic rings. The fourth-order valence-electron chi connectivity index (χ4n) is 3.54. The van der Waals surface area contributed by atoms with Gasteiger partial charge >= 0.3 is 0 Å². The van der Waals surface area contributed by atoms with Crippen LogP contribution in [0.5, 0.6) is 0 Å². The number of fused-ring (bicyclic) bond motifs is 1. The minimum atomic E-state index is 0.893. The Kier molecular flexibility index (Phi) is 5.82. The smallest absolute Gasteiger partial charge is 0.126 e. The summed E-state index contributed by atoms with van der Waals surface area (Å²) in [6.07, 6.45) is 7.93. The minimum absolute atomic E-state index is 0.893. The zero-order valence-electron chi connectivity index (χ0n) is 15.5. The van der Waals surface area contributed by atoms with Gasteiger partial charge in [0.15, 0.2) is 0 Å². The van der Waals surface area contributed by atoms with Crippen molar-refractivity contribution in [2.45, 2.75) is 26.2 Å². The Balaban J connectivity index is 1.95. The average Bonchev–Trinajstić information content (AvgIpc) is 2.66. The highest BCUT2D eigenvalue weighted by atomic mass is 15.1. The lowest BCUT2D eigenvalue weighted by atomic mass is 9.98. The summed E-state index contributed by atoms with van der Waals surface area (Å²) in [7, 11) is 3.74. The third-order valence-corrected chi connectivity index (χ3v) is 4.92. The topological polar surface area (TPSA) is 40.5 Å². The third kappa shape index (κ3) is 4.26. The highest BCUT2D eigenvalue weighted by Gasteiger charge is 2.13. The largest absolute Gasteiger partial charge is 0.373 e. The monoisotopic (exact) mass is 336 g/mol. The summed E-state index contributed by atoms with van der Waals surface area (Å²) in [6, 6.07) is 8.67. The van der Waals surface area contributed by atoms with Crippen molar-refractivity contribution in [1.29, 1.82) is 0 Å². The Morgan fingerprint density at radius 2 is 2.00 bits per heavy atom. The number of benzene rings is 1. The van der Waals surface area contributed by atoms with Gasteiger partial charge in [-0.25, -0.2) is 4.98 Å². The molecule has 132 valence electrons. The van der Waals surface area contributed by atoms with E-state index < -0.39 is 0 Å². The molecule has 1 saturated heterocycles. The third-order valence-electron chi connectivity index (χ3n) is 4.92. The van der Waals surface area contributed by atoms with Gasteiger partial charge in [0.1, 0.15) is 5.82 Å². The minimum Gasteiger partial charge on any atom is -0.373 e. The molecule has 2 heterocycles. The molecule has 0 bridgehead atoms. The van der Waals surface area contributed by atoms with Gasteiger partial charge in [-0.05, 0) is 67.1 Å². The van der Waals surface area contributed by atoms with E-state index in [1.165, 1.54) is 54.4 Å². The van der Waals surface area contributed by atoms with Crippen LogP contribution < -0.4 is 5.32 Å². The van der Waals surface area contributed by atoms with E-state index in [2.05, 4.69) is 51.4 Å². The molecule has 0 saturated carbocycles. The summed E-state index contributed by atoms with van der Waals surface area (Å²) < 4.78 is 0. The van der Waals surface area contributed by atoms with Gasteiger partial charge in [0.25, 0.3) is 0 Å². The van der Waals surface area contributed by atoms with Gasteiger partial charge in [0.2, 0.25) is 0 Å². The van der Waals surface area contributed by atoms with Crippen LogP contribution in [0.4, 0.5) is 5.82 Å². The van der Waals surface area contributed by atoms with Crippen LogP contribution in [-0.2, 0) is 0 Å². The van der Waals surface area contributed by atoms with Crippen LogP contribution in [-0.4, -0.2) is 49.8 Å². The van der Waals surface area contributed by atoms with Crippen molar-refractivity contribution in [2.75, 3.05) is 39.0 Å². The fraction of sp³-hybridized carbons (Fsp3) is 0.429. The van der Waals surface area contributed by atoms with Crippen LogP contribution in [0.2, 0.25) is 0 Å². The average molecular weight is 336 g/mol. The second-order valence-electron chi connectivity index (χ2n) is 6.80. The van der Waals surface area contributed by atoms with Gasteiger partial charge in [0, 0.05) is 38.4 Å². The lowest BCUT2D eigenvalue weighted by Gasteiger charge is -2.27. The lowest BCUT2D eigenvalue weighted by molar-refractivity contribution is 0.247. The molecule has 4 nitrogen and oxygen atoms in total. The molecule has 1 aromatic carbocycles. The molecule has 0 amide bonds. The molecule has 2 aromatic rings. The first kappa shape index (κ1) is 17.6. The number of likely N-dealkylation sites (tertiary alicyclic amines) is 1. The van der Waals surface area contributed by atoms with E-state index in [0.717, 1.165) is 17.7 Å². The zero-order chi connectivity index (χ0) is 17.6. The van der Waals surface area contributed by atoms with E-state index in [-0.39, 0.29) is 0 Å². The van der Waals surface area contributed by atoms with Crippen molar-refractivity contribution in [1.82, 2.24) is 9.88 Å². The highest BCUT2D eigenvalue weighted by Crippen LogP contribution is 2.25. The number of anilines is 1. The van der Waals surface area contributed by atoms with E-state index in [9.17, 15) is 0 Å². The van der Waals surface area contributed by atoms with Gasteiger partial charge in [-0.1, -0.05) is 18.6 Å². The van der Waals surface area contributed by atoms with Crippen molar-refractivity contribution in [3.63, 3.8) is 0 Å². The molecule has 1 N–H and O–H groups in total. The second-order valence-corrected chi connectivity index (χ2v) is 6.80. The number of piperidine rings is 1. The number of hydrogen-bond acceptors (Lipinski definition) is 4. The molecule has 0 unspecified atom stereocenters. The molecule has 0 aliphatic carbocycles. The summed E-state index contributed by atoms with van der Waals surface area (Å²) in [5, 5.41) is 5.47. The van der Waals surface area contributed by atoms with Crippen molar-refractivity contribution >= 4 is 28.4 Å². The first-order valence-corrected chi connectivity index (χ1v) is 9.13. The maximum absolute atomic E-state index is 4.39. The van der Waals surface area contributed by atoms with Crippen LogP contribution in [0, 0.1) is 0 Å². The molecule has 0 atom stereocenters. The molecule has 3 rings (SSSR count). The van der Waals surface area contributed by atoms with E-state index in [4.69, 9.17) is 0 Å². The summed E-state index contributed by atoms with van der Waals surface area (Å²) in [5.41, 5.74) is 3.84. The van der Waals surface area contributed by atoms with Crippen LogP contribution in [0.3, 0.4) is 0 Å². The number of aliphatic imine (C=N–C) groups is 1. The van der Waals surface area contributed by atoms with Gasteiger partial charge < -0.3 is 5.32 Å². The summed E-state index contributed by atoms with van der Waals surface area (Å²) in [6.45, 7) is 5.69. The predicted octanol–water partition coefficient (Wildman–Crippen LogP) is 4.24. The van der Waals surface area contributed by atoms with Crippen molar-refractivity contribution in [2.24, 2.45) is 4.99 Å².